The number of hydrogen-bond acceptors (Lipinski definition) is 2. The van der Waals surface area contributed by atoms with Gasteiger partial charge in [-0.1, -0.05) is 121 Å². The van der Waals surface area contributed by atoms with E-state index in [0.29, 0.717) is 5.56 Å². The van der Waals surface area contributed by atoms with E-state index in [-0.39, 0.29) is 11.9 Å². The van der Waals surface area contributed by atoms with Gasteiger partial charge in [-0.3, -0.25) is 4.79 Å². The fraction of sp³-hybridized carbons (Fsp3) is 0.0571. The average Bonchev–Trinajstić information content (AvgIpc) is 2.99. The van der Waals surface area contributed by atoms with Gasteiger partial charge in [-0.2, -0.15) is 0 Å². The van der Waals surface area contributed by atoms with Gasteiger partial charge in [0.25, 0.3) is 5.91 Å². The second kappa shape index (κ2) is 10.2. The smallest absolute Gasteiger partial charge is 0.252 e. The van der Waals surface area contributed by atoms with Crippen LogP contribution in [0.15, 0.2) is 133 Å². The van der Waals surface area contributed by atoms with Crippen LogP contribution in [0.5, 0.6) is 5.75 Å². The van der Waals surface area contributed by atoms with Crippen molar-refractivity contribution < 1.29 is 9.53 Å². The second-order valence-corrected chi connectivity index (χ2v) is 9.30. The summed E-state index contributed by atoms with van der Waals surface area (Å²) in [4.78, 5) is 14.2. The Morgan fingerprint density at radius 1 is 0.579 bits per heavy atom. The highest BCUT2D eigenvalue weighted by atomic mass is 16.5. The Morgan fingerprint density at radius 2 is 1.08 bits per heavy atom. The number of fused-ring (bicyclic) bond motifs is 2. The van der Waals surface area contributed by atoms with Crippen molar-refractivity contribution in [3.63, 3.8) is 0 Å². The van der Waals surface area contributed by atoms with Crippen LogP contribution in [0.25, 0.3) is 32.7 Å². The lowest BCUT2D eigenvalue weighted by molar-refractivity contribution is 0.0943. The Hall–Kier alpha value is -4.89. The minimum absolute atomic E-state index is 0.140. The molecule has 0 aliphatic rings. The van der Waals surface area contributed by atoms with Crippen LogP contribution >= 0.6 is 0 Å². The molecule has 0 heterocycles. The number of carbonyl (C=O) groups is 1. The molecule has 0 saturated heterocycles. The zero-order chi connectivity index (χ0) is 25.9. The molecule has 0 bridgehead atoms. The molecule has 0 fully saturated rings. The van der Waals surface area contributed by atoms with E-state index in [1.807, 2.05) is 103 Å². The van der Waals surface area contributed by atoms with Crippen LogP contribution in [0.3, 0.4) is 0 Å². The lowest BCUT2D eigenvalue weighted by atomic mass is 9.88. The Balaban J connectivity index is 1.57. The average molecular weight is 494 g/mol. The fourth-order valence-corrected chi connectivity index (χ4v) is 5.27. The van der Waals surface area contributed by atoms with Gasteiger partial charge in [-0.05, 0) is 44.8 Å². The molecule has 0 atom stereocenters. The Bertz CT molecular complexity index is 1700. The van der Waals surface area contributed by atoms with Crippen LogP contribution in [0.4, 0.5) is 0 Å². The summed E-state index contributed by atoms with van der Waals surface area (Å²) < 4.78 is 5.88. The van der Waals surface area contributed by atoms with E-state index in [4.69, 9.17) is 4.74 Å². The van der Waals surface area contributed by atoms with Gasteiger partial charge in [-0.25, -0.2) is 0 Å². The number of ether oxygens (including phenoxy) is 1. The molecule has 184 valence electrons. The van der Waals surface area contributed by atoms with Crippen molar-refractivity contribution in [2.75, 3.05) is 7.11 Å². The third kappa shape index (κ3) is 4.29. The summed E-state index contributed by atoms with van der Waals surface area (Å²) in [6.07, 6.45) is 0. The van der Waals surface area contributed by atoms with Crippen molar-refractivity contribution >= 4 is 27.5 Å². The maximum atomic E-state index is 14.2. The molecule has 3 nitrogen and oxygen atoms in total. The van der Waals surface area contributed by atoms with Crippen LogP contribution in [-0.2, 0) is 0 Å². The highest BCUT2D eigenvalue weighted by molar-refractivity contribution is 6.15. The lowest BCUT2D eigenvalue weighted by Gasteiger charge is -2.22. The van der Waals surface area contributed by atoms with Gasteiger partial charge in [0, 0.05) is 16.7 Å². The SMILES string of the molecule is COc1ccc2ccccc2c1-c1c(C(=O)NC(c2ccccc2)c2ccccc2)ccc2ccccc12. The standard InChI is InChI=1S/C35H27NO2/c1-38-31-23-21-25-13-9-11-19-29(25)33(31)32-28-18-10-8-12-24(28)20-22-30(32)35(37)36-34(26-14-4-2-5-15-26)27-16-6-3-7-17-27/h2-23,34H,1H3,(H,36,37). The van der Waals surface area contributed by atoms with Crippen LogP contribution in [0.1, 0.15) is 27.5 Å². The minimum Gasteiger partial charge on any atom is -0.496 e. The molecule has 0 unspecified atom stereocenters. The Morgan fingerprint density at radius 3 is 1.66 bits per heavy atom. The van der Waals surface area contributed by atoms with Crippen LogP contribution in [-0.4, -0.2) is 13.0 Å². The largest absolute Gasteiger partial charge is 0.496 e. The summed E-state index contributed by atoms with van der Waals surface area (Å²) in [6, 6.07) is 44.3. The molecular weight excluding hydrogens is 466 g/mol. The Kier molecular flexibility index (Phi) is 6.33. The highest BCUT2D eigenvalue weighted by Gasteiger charge is 2.24. The fourth-order valence-electron chi connectivity index (χ4n) is 5.27. The zero-order valence-electron chi connectivity index (χ0n) is 21.1. The zero-order valence-corrected chi connectivity index (χ0v) is 21.1. The molecule has 0 aliphatic carbocycles. The summed E-state index contributed by atoms with van der Waals surface area (Å²) in [7, 11) is 1.68. The molecule has 0 aliphatic heterocycles. The molecule has 0 aromatic heterocycles. The van der Waals surface area contributed by atoms with E-state index in [0.717, 1.165) is 49.5 Å². The predicted octanol–water partition coefficient (Wildman–Crippen LogP) is 8.19. The van der Waals surface area contributed by atoms with Crippen LogP contribution < -0.4 is 10.1 Å². The van der Waals surface area contributed by atoms with E-state index in [2.05, 4.69) is 35.6 Å². The van der Waals surface area contributed by atoms with E-state index >= 15 is 0 Å². The van der Waals surface area contributed by atoms with Crippen LogP contribution in [0, 0.1) is 0 Å². The monoisotopic (exact) mass is 493 g/mol. The number of carbonyl (C=O) groups excluding carboxylic acids is 1. The number of methoxy groups -OCH3 is 1. The third-order valence-corrected chi connectivity index (χ3v) is 7.08. The van der Waals surface area contributed by atoms with Gasteiger partial charge >= 0.3 is 0 Å². The first-order valence-electron chi connectivity index (χ1n) is 12.7. The van der Waals surface area contributed by atoms with Gasteiger partial charge in [0.05, 0.1) is 13.2 Å². The van der Waals surface area contributed by atoms with Gasteiger partial charge in [0.15, 0.2) is 0 Å². The quantitative estimate of drug-likeness (QED) is 0.254. The first kappa shape index (κ1) is 23.5. The van der Waals surface area contributed by atoms with Gasteiger partial charge in [0.1, 0.15) is 5.75 Å². The van der Waals surface area contributed by atoms with Crippen molar-refractivity contribution in [2.45, 2.75) is 6.04 Å². The molecule has 6 aromatic rings. The molecule has 0 radical (unpaired) electrons. The van der Waals surface area contributed by atoms with Crippen LogP contribution in [0.2, 0.25) is 0 Å². The van der Waals surface area contributed by atoms with E-state index < -0.39 is 0 Å². The maximum absolute atomic E-state index is 14.2. The molecule has 1 N–H and O–H groups in total. The molecule has 6 aromatic carbocycles. The normalized spacial score (nSPS) is 11.1. The molecule has 38 heavy (non-hydrogen) atoms. The van der Waals surface area contributed by atoms with Crippen molar-refractivity contribution in [1.29, 1.82) is 0 Å². The van der Waals surface area contributed by atoms with Gasteiger partial charge < -0.3 is 10.1 Å². The second-order valence-electron chi connectivity index (χ2n) is 9.30. The first-order chi connectivity index (χ1) is 18.7. The molecule has 3 heteroatoms. The summed E-state index contributed by atoms with van der Waals surface area (Å²) >= 11 is 0. The van der Waals surface area contributed by atoms with Crippen molar-refractivity contribution in [1.82, 2.24) is 5.32 Å². The van der Waals surface area contributed by atoms with E-state index in [1.54, 1.807) is 7.11 Å². The first-order valence-corrected chi connectivity index (χ1v) is 12.7. The van der Waals surface area contributed by atoms with Crippen molar-refractivity contribution in [2.24, 2.45) is 0 Å². The molecular formula is C35H27NO2. The summed E-state index contributed by atoms with van der Waals surface area (Å²) in [5, 5.41) is 7.55. The topological polar surface area (TPSA) is 38.3 Å². The molecule has 0 spiro atoms. The summed E-state index contributed by atoms with van der Waals surface area (Å²) in [6.45, 7) is 0. The predicted molar refractivity (Wildman–Crippen MR) is 156 cm³/mol. The third-order valence-electron chi connectivity index (χ3n) is 7.08. The van der Waals surface area contributed by atoms with Crippen molar-refractivity contribution in [3.05, 3.63) is 150 Å². The number of rotatable bonds is 6. The number of nitrogens with one attached hydrogen (secondary N) is 1. The van der Waals surface area contributed by atoms with E-state index in [9.17, 15) is 4.79 Å². The number of hydrogen-bond donors (Lipinski definition) is 1. The van der Waals surface area contributed by atoms with Gasteiger partial charge in [-0.15, -0.1) is 0 Å². The maximum Gasteiger partial charge on any atom is 0.252 e. The Labute approximate surface area is 222 Å². The highest BCUT2D eigenvalue weighted by Crippen LogP contribution is 2.42. The van der Waals surface area contributed by atoms with Gasteiger partial charge in [0.2, 0.25) is 0 Å². The molecule has 6 rings (SSSR count). The summed E-state index contributed by atoms with van der Waals surface area (Å²) in [5.74, 6) is 0.593. The lowest BCUT2D eigenvalue weighted by Crippen LogP contribution is -2.29. The van der Waals surface area contributed by atoms with Crippen molar-refractivity contribution in [3.8, 4) is 16.9 Å². The van der Waals surface area contributed by atoms with E-state index in [1.165, 1.54) is 0 Å². The molecule has 0 saturated carbocycles. The number of amides is 1. The minimum atomic E-state index is -0.293. The number of benzene rings is 6. The summed E-state index contributed by atoms with van der Waals surface area (Å²) in [5.41, 5.74) is 4.45. The molecule has 1 amide bonds.